The number of nitrogens with zero attached hydrogens (tertiary/aromatic N) is 7. The standard InChI is InChI=1S/C34H49N7O4/c1-31(2,3)45-30(43)39-20-18-38(19-21-39)28-35-22-27(23-36-28)40-24-32(41(29(40)42)25-33(44)12-9-13-33)14-16-34(17-15-32,37(4)5)26-10-7-6-8-11-26/h6-8,10-11,22-23,44H,9,12-21,24-25H2,1-5H3/t32-,34+. The summed E-state index contributed by atoms with van der Waals surface area (Å²) in [4.78, 5) is 45.9. The average Bonchev–Trinajstić information content (AvgIpc) is 3.26. The van der Waals surface area contributed by atoms with E-state index in [1.54, 1.807) is 17.3 Å². The smallest absolute Gasteiger partial charge is 0.410 e. The molecule has 4 fully saturated rings. The lowest BCUT2D eigenvalue weighted by atomic mass is 9.67. The van der Waals surface area contributed by atoms with Gasteiger partial charge >= 0.3 is 12.1 Å². The van der Waals surface area contributed by atoms with E-state index in [0.29, 0.717) is 50.9 Å². The number of benzene rings is 1. The number of aliphatic hydroxyl groups is 1. The molecule has 1 spiro atoms. The van der Waals surface area contributed by atoms with Crippen LogP contribution < -0.4 is 9.80 Å². The number of rotatable bonds is 6. The lowest BCUT2D eigenvalue weighted by molar-refractivity contribution is -0.0725. The highest BCUT2D eigenvalue weighted by Crippen LogP contribution is 2.50. The van der Waals surface area contributed by atoms with Gasteiger partial charge in [-0.15, -0.1) is 0 Å². The molecule has 11 nitrogen and oxygen atoms in total. The molecule has 2 saturated heterocycles. The molecular formula is C34H49N7O4. The van der Waals surface area contributed by atoms with E-state index in [2.05, 4.69) is 64.2 Å². The first-order chi connectivity index (χ1) is 21.3. The van der Waals surface area contributed by atoms with E-state index in [1.165, 1.54) is 5.56 Å². The number of carbonyl (C=O) groups excluding carboxylic acids is 2. The molecule has 0 unspecified atom stereocenters. The van der Waals surface area contributed by atoms with Gasteiger partial charge < -0.3 is 24.5 Å². The van der Waals surface area contributed by atoms with Crippen LogP contribution >= 0.6 is 0 Å². The van der Waals surface area contributed by atoms with Crippen LogP contribution in [0.4, 0.5) is 21.2 Å². The monoisotopic (exact) mass is 619 g/mol. The van der Waals surface area contributed by atoms with Crippen LogP contribution in [0.1, 0.15) is 71.3 Å². The zero-order chi connectivity index (χ0) is 32.0. The summed E-state index contributed by atoms with van der Waals surface area (Å²) < 4.78 is 5.52. The molecule has 1 N–H and O–H groups in total. The van der Waals surface area contributed by atoms with Crippen LogP contribution in [0.2, 0.25) is 0 Å². The van der Waals surface area contributed by atoms with Gasteiger partial charge in [0.2, 0.25) is 5.95 Å². The maximum atomic E-state index is 14.2. The Morgan fingerprint density at radius 3 is 2.11 bits per heavy atom. The summed E-state index contributed by atoms with van der Waals surface area (Å²) in [6.45, 7) is 8.79. The fourth-order valence-electron chi connectivity index (χ4n) is 7.60. The van der Waals surface area contributed by atoms with Crippen LogP contribution in [-0.2, 0) is 10.3 Å². The van der Waals surface area contributed by atoms with Crippen molar-refractivity contribution in [2.45, 2.75) is 88.0 Å². The van der Waals surface area contributed by atoms with Crippen molar-refractivity contribution in [1.29, 1.82) is 0 Å². The van der Waals surface area contributed by atoms with Gasteiger partial charge in [-0.05, 0) is 85.4 Å². The third-order valence-corrected chi connectivity index (χ3v) is 10.5. The first kappa shape index (κ1) is 31.5. The van der Waals surface area contributed by atoms with Crippen molar-refractivity contribution >= 4 is 23.8 Å². The largest absolute Gasteiger partial charge is 0.444 e. The maximum Gasteiger partial charge on any atom is 0.410 e. The summed E-state index contributed by atoms with van der Waals surface area (Å²) in [7, 11) is 4.31. The van der Waals surface area contributed by atoms with Crippen molar-refractivity contribution < 1.29 is 19.4 Å². The molecule has 244 valence electrons. The van der Waals surface area contributed by atoms with Gasteiger partial charge in [0.15, 0.2) is 0 Å². The van der Waals surface area contributed by atoms with E-state index in [9.17, 15) is 14.7 Å². The highest BCUT2D eigenvalue weighted by atomic mass is 16.6. The van der Waals surface area contributed by atoms with Gasteiger partial charge in [0.25, 0.3) is 0 Å². The first-order valence-corrected chi connectivity index (χ1v) is 16.4. The first-order valence-electron chi connectivity index (χ1n) is 16.4. The fraction of sp³-hybridized carbons (Fsp3) is 0.647. The van der Waals surface area contributed by atoms with Crippen LogP contribution in [-0.4, -0.2) is 112 Å². The topological polar surface area (TPSA) is 106 Å². The maximum absolute atomic E-state index is 14.2. The Hall–Kier alpha value is -3.44. The predicted octanol–water partition coefficient (Wildman–Crippen LogP) is 4.46. The van der Waals surface area contributed by atoms with Crippen LogP contribution in [0.5, 0.6) is 0 Å². The summed E-state index contributed by atoms with van der Waals surface area (Å²) in [5, 5.41) is 11.2. The normalized spacial score (nSPS) is 26.9. The molecule has 1 aromatic carbocycles. The number of urea groups is 1. The second-order valence-corrected chi connectivity index (χ2v) is 14.7. The third-order valence-electron chi connectivity index (χ3n) is 10.5. The van der Waals surface area contributed by atoms with Crippen LogP contribution in [0.25, 0.3) is 0 Å². The molecule has 0 bridgehead atoms. The molecule has 3 amide bonds. The molecule has 2 aliphatic heterocycles. The van der Waals surface area contributed by atoms with Gasteiger partial charge in [-0.1, -0.05) is 30.3 Å². The van der Waals surface area contributed by atoms with E-state index < -0.39 is 11.2 Å². The molecule has 11 heteroatoms. The predicted molar refractivity (Wildman–Crippen MR) is 173 cm³/mol. The van der Waals surface area contributed by atoms with Gasteiger partial charge in [-0.2, -0.15) is 0 Å². The fourth-order valence-corrected chi connectivity index (χ4v) is 7.60. The molecule has 6 rings (SSSR count). The lowest BCUT2D eigenvalue weighted by Gasteiger charge is -2.52. The van der Waals surface area contributed by atoms with Gasteiger partial charge in [-0.3, -0.25) is 9.80 Å². The molecule has 3 heterocycles. The number of hydrogen-bond acceptors (Lipinski definition) is 8. The van der Waals surface area contributed by atoms with E-state index in [1.807, 2.05) is 30.6 Å². The Bertz CT molecular complexity index is 1360. The van der Waals surface area contributed by atoms with Crippen LogP contribution in [0, 0.1) is 0 Å². The average molecular weight is 620 g/mol. The Morgan fingerprint density at radius 2 is 1.58 bits per heavy atom. The third kappa shape index (κ3) is 6.08. The SMILES string of the molecule is CN(C)[C@]1(c2ccccc2)CC[C@]2(CC1)CN(c1cnc(N3CCN(C(=O)OC(C)(C)C)CC3)nc1)C(=O)N2CC1(O)CCC1. The zero-order valence-electron chi connectivity index (χ0n) is 27.5. The van der Waals surface area contributed by atoms with Crippen molar-refractivity contribution in [3.63, 3.8) is 0 Å². The number of piperazine rings is 1. The summed E-state index contributed by atoms with van der Waals surface area (Å²) in [5.41, 5.74) is 0.181. The molecule has 2 aliphatic carbocycles. The van der Waals surface area contributed by atoms with Crippen molar-refractivity contribution in [2.24, 2.45) is 0 Å². The lowest BCUT2D eigenvalue weighted by Crippen LogP contribution is -2.59. The Morgan fingerprint density at radius 1 is 0.956 bits per heavy atom. The molecule has 2 aromatic rings. The number of hydrogen-bond donors (Lipinski definition) is 1. The van der Waals surface area contributed by atoms with Gasteiger partial charge in [0.1, 0.15) is 5.60 Å². The molecule has 1 aromatic heterocycles. The van der Waals surface area contributed by atoms with E-state index >= 15 is 0 Å². The molecule has 0 radical (unpaired) electrons. The van der Waals surface area contributed by atoms with Crippen LogP contribution in [0.3, 0.4) is 0 Å². The van der Waals surface area contributed by atoms with Gasteiger partial charge in [-0.25, -0.2) is 19.6 Å². The minimum absolute atomic E-state index is 0.0743. The Labute approximate surface area is 267 Å². The molecule has 2 saturated carbocycles. The number of ether oxygens (including phenoxy) is 1. The highest BCUT2D eigenvalue weighted by molar-refractivity contribution is 5.95. The summed E-state index contributed by atoms with van der Waals surface area (Å²) in [6.07, 6.45) is 9.18. The minimum Gasteiger partial charge on any atom is -0.444 e. The number of aromatic nitrogens is 2. The van der Waals surface area contributed by atoms with Crippen molar-refractivity contribution in [3.8, 4) is 0 Å². The number of amides is 3. The van der Waals surface area contributed by atoms with E-state index in [0.717, 1.165) is 44.9 Å². The molecule has 45 heavy (non-hydrogen) atoms. The van der Waals surface area contributed by atoms with Crippen molar-refractivity contribution in [3.05, 3.63) is 48.3 Å². The van der Waals surface area contributed by atoms with E-state index in [-0.39, 0.29) is 23.2 Å². The van der Waals surface area contributed by atoms with Crippen LogP contribution in [0.15, 0.2) is 42.7 Å². The van der Waals surface area contributed by atoms with Gasteiger partial charge in [0, 0.05) is 31.7 Å². The number of carbonyl (C=O) groups is 2. The highest BCUT2D eigenvalue weighted by Gasteiger charge is 2.56. The molecule has 0 atom stereocenters. The zero-order valence-corrected chi connectivity index (χ0v) is 27.5. The van der Waals surface area contributed by atoms with E-state index in [4.69, 9.17) is 4.74 Å². The molecular weight excluding hydrogens is 570 g/mol. The minimum atomic E-state index is -0.810. The number of anilines is 2. The van der Waals surface area contributed by atoms with Crippen molar-refractivity contribution in [1.82, 2.24) is 24.7 Å². The summed E-state index contributed by atoms with van der Waals surface area (Å²) >= 11 is 0. The summed E-state index contributed by atoms with van der Waals surface area (Å²) in [5.74, 6) is 0.584. The second-order valence-electron chi connectivity index (χ2n) is 14.7. The Balaban J connectivity index is 1.18. The second kappa shape index (κ2) is 11.7. The van der Waals surface area contributed by atoms with Gasteiger partial charge in [0.05, 0.1) is 42.3 Å². The van der Waals surface area contributed by atoms with Crippen molar-refractivity contribution in [2.75, 3.05) is 63.2 Å². The number of β-amino-alcohol motifs (C(OH)–C–C–N with tert-alkyl or cyclic N) is 1. The quantitative estimate of drug-likeness (QED) is 0.506. The summed E-state index contributed by atoms with van der Waals surface area (Å²) in [6, 6.07) is 10.6. The Kier molecular flexibility index (Phi) is 8.22. The molecule has 4 aliphatic rings.